The average molecular weight is 216 g/mol. The molecular formula is C9H10ClNO3. The van der Waals surface area contributed by atoms with Gasteiger partial charge >= 0.3 is 5.97 Å². The van der Waals surface area contributed by atoms with E-state index in [9.17, 15) is 9.90 Å². The van der Waals surface area contributed by atoms with Crippen LogP contribution in [0.1, 0.15) is 5.56 Å². The molecule has 1 aromatic carbocycles. The van der Waals surface area contributed by atoms with Gasteiger partial charge in [-0.3, -0.25) is 4.79 Å². The zero-order chi connectivity index (χ0) is 10.7. The van der Waals surface area contributed by atoms with Crippen LogP contribution in [-0.2, 0) is 11.2 Å². The number of carboxylic acids is 1. The molecule has 0 heterocycles. The predicted octanol–water partition coefficient (Wildman–Crippen LogP) is 1.00. The first-order valence-electron chi connectivity index (χ1n) is 3.96. The molecule has 76 valence electrons. The SMILES string of the molecule is N[C@@H](Cc1cc(Cl)ccc1O)C(=O)O. The molecule has 0 saturated carbocycles. The predicted molar refractivity (Wildman–Crippen MR) is 52.4 cm³/mol. The van der Waals surface area contributed by atoms with Crippen molar-refractivity contribution in [2.24, 2.45) is 5.73 Å². The van der Waals surface area contributed by atoms with E-state index in [0.717, 1.165) is 0 Å². The van der Waals surface area contributed by atoms with Crippen LogP contribution in [0.4, 0.5) is 0 Å². The molecule has 0 aliphatic rings. The Morgan fingerprint density at radius 1 is 1.57 bits per heavy atom. The van der Waals surface area contributed by atoms with E-state index in [1.54, 1.807) is 0 Å². The number of halogens is 1. The van der Waals surface area contributed by atoms with Gasteiger partial charge in [-0.15, -0.1) is 0 Å². The molecular weight excluding hydrogens is 206 g/mol. The molecule has 5 heteroatoms. The minimum atomic E-state index is -1.11. The summed E-state index contributed by atoms with van der Waals surface area (Å²) in [6, 6.07) is 3.40. The average Bonchev–Trinajstić information content (AvgIpc) is 2.11. The van der Waals surface area contributed by atoms with Crippen molar-refractivity contribution in [2.75, 3.05) is 0 Å². The molecule has 0 amide bonds. The summed E-state index contributed by atoms with van der Waals surface area (Å²) in [7, 11) is 0. The van der Waals surface area contributed by atoms with Gasteiger partial charge in [-0.2, -0.15) is 0 Å². The lowest BCUT2D eigenvalue weighted by Gasteiger charge is -2.08. The zero-order valence-electron chi connectivity index (χ0n) is 7.27. The second kappa shape index (κ2) is 4.30. The van der Waals surface area contributed by atoms with Crippen molar-refractivity contribution in [1.82, 2.24) is 0 Å². The third-order valence-electron chi connectivity index (χ3n) is 1.80. The molecule has 0 bridgehead atoms. The Balaban J connectivity index is 2.85. The van der Waals surface area contributed by atoms with Crippen LogP contribution in [-0.4, -0.2) is 22.2 Å². The van der Waals surface area contributed by atoms with Crippen LogP contribution >= 0.6 is 11.6 Å². The summed E-state index contributed by atoms with van der Waals surface area (Å²) in [5.74, 6) is -1.10. The summed E-state index contributed by atoms with van der Waals surface area (Å²) >= 11 is 5.68. The topological polar surface area (TPSA) is 83.5 Å². The minimum absolute atomic E-state index is 0.00565. The van der Waals surface area contributed by atoms with E-state index in [1.807, 2.05) is 0 Å². The number of carbonyl (C=O) groups is 1. The van der Waals surface area contributed by atoms with Gasteiger partial charge in [0.1, 0.15) is 11.8 Å². The van der Waals surface area contributed by atoms with Crippen molar-refractivity contribution in [2.45, 2.75) is 12.5 Å². The highest BCUT2D eigenvalue weighted by Crippen LogP contribution is 2.22. The highest BCUT2D eigenvalue weighted by atomic mass is 35.5. The number of rotatable bonds is 3. The highest BCUT2D eigenvalue weighted by Gasteiger charge is 2.14. The Morgan fingerprint density at radius 3 is 2.79 bits per heavy atom. The van der Waals surface area contributed by atoms with Gasteiger partial charge < -0.3 is 15.9 Å². The minimum Gasteiger partial charge on any atom is -0.508 e. The first-order chi connectivity index (χ1) is 6.50. The molecule has 0 saturated heterocycles. The van der Waals surface area contributed by atoms with Gasteiger partial charge in [0.2, 0.25) is 0 Å². The lowest BCUT2D eigenvalue weighted by atomic mass is 10.1. The van der Waals surface area contributed by atoms with Crippen LogP contribution in [0, 0.1) is 0 Å². The summed E-state index contributed by atoms with van der Waals surface area (Å²) < 4.78 is 0. The molecule has 1 rings (SSSR count). The highest BCUT2D eigenvalue weighted by molar-refractivity contribution is 6.30. The standard InChI is InChI=1S/C9H10ClNO3/c10-6-1-2-8(12)5(3-6)4-7(11)9(13)14/h1-3,7,12H,4,11H2,(H,13,14)/t7-/m0/s1. The summed E-state index contributed by atoms with van der Waals surface area (Å²) in [4.78, 5) is 10.5. The Labute approximate surface area is 85.9 Å². The number of aliphatic carboxylic acids is 1. The molecule has 4 nitrogen and oxygen atoms in total. The molecule has 0 radical (unpaired) electrons. The Morgan fingerprint density at radius 2 is 2.21 bits per heavy atom. The second-order valence-electron chi connectivity index (χ2n) is 2.92. The third kappa shape index (κ3) is 2.61. The van der Waals surface area contributed by atoms with Gasteiger partial charge in [0, 0.05) is 11.4 Å². The number of aromatic hydroxyl groups is 1. The monoisotopic (exact) mass is 215 g/mol. The van der Waals surface area contributed by atoms with Crippen LogP contribution in [0.5, 0.6) is 5.75 Å². The Kier molecular flexibility index (Phi) is 3.33. The number of hydrogen-bond donors (Lipinski definition) is 3. The number of benzene rings is 1. The Bertz CT molecular complexity index is 354. The van der Waals surface area contributed by atoms with E-state index in [2.05, 4.69) is 0 Å². The molecule has 0 aliphatic carbocycles. The van der Waals surface area contributed by atoms with E-state index in [0.29, 0.717) is 10.6 Å². The van der Waals surface area contributed by atoms with Crippen molar-refractivity contribution < 1.29 is 15.0 Å². The quantitative estimate of drug-likeness (QED) is 0.703. The first kappa shape index (κ1) is 10.8. The van der Waals surface area contributed by atoms with Gasteiger partial charge in [-0.1, -0.05) is 11.6 Å². The second-order valence-corrected chi connectivity index (χ2v) is 3.36. The maximum atomic E-state index is 10.5. The Hall–Kier alpha value is -1.26. The zero-order valence-corrected chi connectivity index (χ0v) is 8.03. The van der Waals surface area contributed by atoms with E-state index < -0.39 is 12.0 Å². The first-order valence-corrected chi connectivity index (χ1v) is 4.34. The maximum absolute atomic E-state index is 10.5. The van der Waals surface area contributed by atoms with Gasteiger partial charge in [-0.05, 0) is 23.8 Å². The molecule has 14 heavy (non-hydrogen) atoms. The maximum Gasteiger partial charge on any atom is 0.320 e. The molecule has 0 aliphatic heterocycles. The third-order valence-corrected chi connectivity index (χ3v) is 2.03. The molecule has 0 fully saturated rings. The fraction of sp³-hybridized carbons (Fsp3) is 0.222. The van der Waals surface area contributed by atoms with E-state index in [4.69, 9.17) is 22.4 Å². The lowest BCUT2D eigenvalue weighted by molar-refractivity contribution is -0.138. The summed E-state index contributed by atoms with van der Waals surface area (Å²) in [6.45, 7) is 0. The van der Waals surface area contributed by atoms with Crippen molar-refractivity contribution in [3.63, 3.8) is 0 Å². The summed E-state index contributed by atoms with van der Waals surface area (Å²) in [5, 5.41) is 18.4. The summed E-state index contributed by atoms with van der Waals surface area (Å²) in [5.41, 5.74) is 5.75. The lowest BCUT2D eigenvalue weighted by Crippen LogP contribution is -2.32. The van der Waals surface area contributed by atoms with Crippen LogP contribution in [0.3, 0.4) is 0 Å². The molecule has 4 N–H and O–H groups in total. The fourth-order valence-corrected chi connectivity index (χ4v) is 1.24. The van der Waals surface area contributed by atoms with Crippen molar-refractivity contribution in [3.8, 4) is 5.75 Å². The smallest absolute Gasteiger partial charge is 0.320 e. The van der Waals surface area contributed by atoms with Gasteiger partial charge in [0.15, 0.2) is 0 Å². The van der Waals surface area contributed by atoms with Crippen molar-refractivity contribution in [3.05, 3.63) is 28.8 Å². The van der Waals surface area contributed by atoms with Crippen LogP contribution in [0.25, 0.3) is 0 Å². The normalized spacial score (nSPS) is 12.4. The molecule has 0 spiro atoms. The number of nitrogens with two attached hydrogens (primary N) is 1. The van der Waals surface area contributed by atoms with Crippen LogP contribution in [0.2, 0.25) is 5.02 Å². The van der Waals surface area contributed by atoms with Crippen LogP contribution < -0.4 is 5.73 Å². The molecule has 1 aromatic rings. The molecule has 0 aromatic heterocycles. The molecule has 1 atom stereocenters. The van der Waals surface area contributed by atoms with E-state index in [-0.39, 0.29) is 12.2 Å². The summed E-state index contributed by atoms with van der Waals surface area (Å²) in [6.07, 6.45) is 0.0573. The van der Waals surface area contributed by atoms with Gasteiger partial charge in [0.25, 0.3) is 0 Å². The number of phenolic OH excluding ortho intramolecular Hbond substituents is 1. The van der Waals surface area contributed by atoms with Crippen LogP contribution in [0.15, 0.2) is 18.2 Å². The number of hydrogen-bond acceptors (Lipinski definition) is 3. The largest absolute Gasteiger partial charge is 0.508 e. The van der Waals surface area contributed by atoms with Crippen molar-refractivity contribution in [1.29, 1.82) is 0 Å². The van der Waals surface area contributed by atoms with Gasteiger partial charge in [0.05, 0.1) is 0 Å². The fourth-order valence-electron chi connectivity index (χ4n) is 1.04. The van der Waals surface area contributed by atoms with E-state index in [1.165, 1.54) is 18.2 Å². The molecule has 0 unspecified atom stereocenters. The van der Waals surface area contributed by atoms with E-state index >= 15 is 0 Å². The number of phenols is 1. The number of carboxylic acid groups (broad SMARTS) is 1. The van der Waals surface area contributed by atoms with Gasteiger partial charge in [-0.25, -0.2) is 0 Å². The van der Waals surface area contributed by atoms with Crippen molar-refractivity contribution >= 4 is 17.6 Å².